The molecule has 4 nitrogen and oxygen atoms in total. The van der Waals surface area contributed by atoms with Gasteiger partial charge in [0.15, 0.2) is 0 Å². The Kier molecular flexibility index (Phi) is 5.26. The van der Waals surface area contributed by atoms with Gasteiger partial charge in [0.05, 0.1) is 11.2 Å². The number of nitrogens with one attached hydrogen (secondary N) is 2. The van der Waals surface area contributed by atoms with Crippen molar-refractivity contribution in [1.29, 1.82) is 0 Å². The van der Waals surface area contributed by atoms with E-state index in [0.29, 0.717) is 16.7 Å². The molecule has 0 spiro atoms. The number of benzene rings is 1. The third-order valence-corrected chi connectivity index (χ3v) is 4.38. The minimum Gasteiger partial charge on any atom is -0.487 e. The number of rotatable bonds is 6. The highest BCUT2D eigenvalue weighted by atomic mass is 35.5. The van der Waals surface area contributed by atoms with Crippen molar-refractivity contribution >= 4 is 29.3 Å². The summed E-state index contributed by atoms with van der Waals surface area (Å²) < 4.78 is 5.74. The number of aromatic amines is 1. The fourth-order valence-electron chi connectivity index (χ4n) is 2.65. The molecule has 23 heavy (non-hydrogen) atoms. The first-order valence-corrected chi connectivity index (χ1v) is 8.40. The normalized spacial score (nSPS) is 13.4. The van der Waals surface area contributed by atoms with Gasteiger partial charge in [0, 0.05) is 22.8 Å². The Bertz CT molecular complexity index is 725. The Balaban J connectivity index is 1.49. The largest absolute Gasteiger partial charge is 0.487 e. The summed E-state index contributed by atoms with van der Waals surface area (Å²) >= 11 is 12.2. The Morgan fingerprint density at radius 2 is 2.22 bits per heavy atom. The van der Waals surface area contributed by atoms with Crippen LogP contribution < -0.4 is 10.1 Å². The zero-order valence-corrected chi connectivity index (χ0v) is 14.5. The molecule has 0 bridgehead atoms. The van der Waals surface area contributed by atoms with Gasteiger partial charge >= 0.3 is 0 Å². The number of hydrogen-bond acceptors (Lipinski definition) is 3. The van der Waals surface area contributed by atoms with Crippen LogP contribution in [0.5, 0.6) is 5.75 Å². The highest BCUT2D eigenvalue weighted by molar-refractivity contribution is 6.36. The van der Waals surface area contributed by atoms with E-state index in [1.54, 1.807) is 6.07 Å². The molecule has 2 N–H and O–H groups in total. The quantitative estimate of drug-likeness (QED) is 0.772. The number of ether oxygens (including phenoxy) is 1. The van der Waals surface area contributed by atoms with Gasteiger partial charge in [-0.1, -0.05) is 23.2 Å². The summed E-state index contributed by atoms with van der Waals surface area (Å²) in [5.41, 5.74) is 4.57. The van der Waals surface area contributed by atoms with Gasteiger partial charge in [-0.2, -0.15) is 5.10 Å². The molecule has 0 aliphatic carbocycles. The Morgan fingerprint density at radius 1 is 1.35 bits per heavy atom. The van der Waals surface area contributed by atoms with E-state index in [9.17, 15) is 0 Å². The maximum absolute atomic E-state index is 6.14. The fourth-order valence-corrected chi connectivity index (χ4v) is 3.21. The van der Waals surface area contributed by atoms with Crippen molar-refractivity contribution in [2.75, 3.05) is 19.7 Å². The minimum absolute atomic E-state index is 0.558. The number of H-pyrrole nitrogens is 1. The second-order valence-electron chi connectivity index (χ2n) is 5.70. The third kappa shape index (κ3) is 4.08. The zero-order chi connectivity index (χ0) is 16.2. The molecule has 2 heterocycles. The van der Waals surface area contributed by atoms with Crippen molar-refractivity contribution in [3.05, 3.63) is 50.8 Å². The summed E-state index contributed by atoms with van der Waals surface area (Å²) in [7, 11) is 0. The van der Waals surface area contributed by atoms with Gasteiger partial charge in [-0.05, 0) is 55.7 Å². The molecule has 1 aromatic heterocycles. The lowest BCUT2D eigenvalue weighted by molar-refractivity contribution is 0.343. The van der Waals surface area contributed by atoms with Crippen LogP contribution >= 0.6 is 23.2 Å². The van der Waals surface area contributed by atoms with Crippen molar-refractivity contribution in [1.82, 2.24) is 15.5 Å². The van der Waals surface area contributed by atoms with Crippen LogP contribution in [0.2, 0.25) is 10.0 Å². The predicted molar refractivity (Wildman–Crippen MR) is 94.4 cm³/mol. The molecule has 6 heteroatoms. The number of fused-ring (bicyclic) bond motifs is 1. The summed E-state index contributed by atoms with van der Waals surface area (Å²) in [5.74, 6) is 0.718. The van der Waals surface area contributed by atoms with Gasteiger partial charge in [-0.25, -0.2) is 0 Å². The van der Waals surface area contributed by atoms with Gasteiger partial charge in [0.1, 0.15) is 12.4 Å². The highest BCUT2D eigenvalue weighted by Crippen LogP contribution is 2.36. The van der Waals surface area contributed by atoms with Crippen molar-refractivity contribution in [2.24, 2.45) is 0 Å². The zero-order valence-electron chi connectivity index (χ0n) is 13.0. The highest BCUT2D eigenvalue weighted by Gasteiger charge is 2.15. The summed E-state index contributed by atoms with van der Waals surface area (Å²) in [4.78, 5) is 0. The molecule has 0 amide bonds. The molecule has 0 fully saturated rings. The van der Waals surface area contributed by atoms with E-state index in [-0.39, 0.29) is 0 Å². The van der Waals surface area contributed by atoms with Crippen LogP contribution in [0.4, 0.5) is 0 Å². The summed E-state index contributed by atoms with van der Waals surface area (Å²) in [6.07, 6.45) is 6.10. The molecule has 0 atom stereocenters. The lowest BCUT2D eigenvalue weighted by atomic mass is 10.1. The molecule has 1 aromatic carbocycles. The van der Waals surface area contributed by atoms with Crippen LogP contribution in [0, 0.1) is 6.92 Å². The number of aryl methyl sites for hydroxylation is 2. The first-order valence-electron chi connectivity index (χ1n) is 7.64. The number of nitrogens with zero attached hydrogens (tertiary/aromatic N) is 1. The first-order chi connectivity index (χ1) is 11.1. The summed E-state index contributed by atoms with van der Waals surface area (Å²) in [6.45, 7) is 4.36. The fraction of sp³-hybridized carbons (Fsp3) is 0.353. The van der Waals surface area contributed by atoms with Crippen LogP contribution in [-0.4, -0.2) is 29.9 Å². The monoisotopic (exact) mass is 351 g/mol. The van der Waals surface area contributed by atoms with E-state index in [2.05, 4.69) is 21.6 Å². The number of hydrogen-bond donors (Lipinski definition) is 2. The average Bonchev–Trinajstić information content (AvgIpc) is 2.91. The van der Waals surface area contributed by atoms with Crippen molar-refractivity contribution in [2.45, 2.75) is 19.8 Å². The SMILES string of the molecule is Cc1[nH]ncc1CCCNCC1=Cc2cc(Cl)cc(Cl)c2OC1. The van der Waals surface area contributed by atoms with Gasteiger partial charge in [-0.3, -0.25) is 5.10 Å². The average molecular weight is 352 g/mol. The van der Waals surface area contributed by atoms with Crippen LogP contribution in [0.1, 0.15) is 23.2 Å². The van der Waals surface area contributed by atoms with Crippen LogP contribution in [-0.2, 0) is 6.42 Å². The van der Waals surface area contributed by atoms with Crippen molar-refractivity contribution in [3.63, 3.8) is 0 Å². The topological polar surface area (TPSA) is 49.9 Å². The van der Waals surface area contributed by atoms with E-state index >= 15 is 0 Å². The van der Waals surface area contributed by atoms with Gasteiger partial charge in [0.2, 0.25) is 0 Å². The van der Waals surface area contributed by atoms with Gasteiger partial charge in [0.25, 0.3) is 0 Å². The molecule has 0 unspecified atom stereocenters. The standard InChI is InChI=1S/C17H19Cl2N3O/c1-11-13(9-21-22-11)3-2-4-20-8-12-5-14-6-15(18)7-16(19)17(14)23-10-12/h5-7,9,20H,2-4,8,10H2,1H3,(H,21,22). The molecule has 0 saturated heterocycles. The molecule has 0 radical (unpaired) electrons. The molecular weight excluding hydrogens is 333 g/mol. The van der Waals surface area contributed by atoms with Crippen LogP contribution in [0.3, 0.4) is 0 Å². The van der Waals surface area contributed by atoms with E-state index in [1.807, 2.05) is 19.2 Å². The van der Waals surface area contributed by atoms with Gasteiger partial charge < -0.3 is 10.1 Å². The smallest absolute Gasteiger partial charge is 0.145 e. The molecular formula is C17H19Cl2N3O. The molecule has 1 aliphatic heterocycles. The number of halogens is 2. The lowest BCUT2D eigenvalue weighted by Gasteiger charge is -2.19. The van der Waals surface area contributed by atoms with E-state index < -0.39 is 0 Å². The maximum atomic E-state index is 6.14. The Morgan fingerprint density at radius 3 is 3.00 bits per heavy atom. The maximum Gasteiger partial charge on any atom is 0.145 e. The summed E-state index contributed by atoms with van der Waals surface area (Å²) in [6, 6.07) is 3.58. The first kappa shape index (κ1) is 16.4. The van der Waals surface area contributed by atoms with Crippen LogP contribution in [0.25, 0.3) is 6.08 Å². The Hall–Kier alpha value is -1.49. The molecule has 3 rings (SSSR count). The second-order valence-corrected chi connectivity index (χ2v) is 6.54. The van der Waals surface area contributed by atoms with Crippen molar-refractivity contribution < 1.29 is 4.74 Å². The van der Waals surface area contributed by atoms with E-state index in [4.69, 9.17) is 27.9 Å². The number of aromatic nitrogens is 2. The molecule has 122 valence electrons. The van der Waals surface area contributed by atoms with E-state index in [1.165, 1.54) is 11.1 Å². The lowest BCUT2D eigenvalue weighted by Crippen LogP contribution is -2.23. The molecule has 0 saturated carbocycles. The summed E-state index contributed by atoms with van der Waals surface area (Å²) in [5, 5.41) is 11.6. The third-order valence-electron chi connectivity index (χ3n) is 3.88. The van der Waals surface area contributed by atoms with E-state index in [0.717, 1.165) is 42.9 Å². The van der Waals surface area contributed by atoms with Crippen molar-refractivity contribution in [3.8, 4) is 5.75 Å². The molecule has 2 aromatic rings. The second kappa shape index (κ2) is 7.39. The molecule has 1 aliphatic rings. The Labute approximate surface area is 145 Å². The van der Waals surface area contributed by atoms with Crippen LogP contribution in [0.15, 0.2) is 23.9 Å². The minimum atomic E-state index is 0.558. The van der Waals surface area contributed by atoms with Gasteiger partial charge in [-0.15, -0.1) is 0 Å². The predicted octanol–water partition coefficient (Wildman–Crippen LogP) is 4.02.